The first-order chi connectivity index (χ1) is 7.74. The highest BCUT2D eigenvalue weighted by Crippen LogP contribution is 2.38. The second kappa shape index (κ2) is 7.37. The number of rotatable bonds is 8. The van der Waals surface area contributed by atoms with Crippen molar-refractivity contribution in [1.82, 2.24) is 0 Å². The Morgan fingerprint density at radius 3 is 2.24 bits per heavy atom. The van der Waals surface area contributed by atoms with Crippen molar-refractivity contribution < 1.29 is 4.43 Å². The van der Waals surface area contributed by atoms with Gasteiger partial charge in [-0.1, -0.05) is 53.0 Å². The first-order valence-corrected chi connectivity index (χ1v) is 9.94. The molecule has 0 aliphatic heterocycles. The smallest absolute Gasteiger partial charge is 0.192 e. The first kappa shape index (κ1) is 16.9. The molecule has 0 bridgehead atoms. The SMILES string of the molecule is C=CC[C@@H](CCCCC)O[Si](C)(C)C(C)(C)C. The van der Waals surface area contributed by atoms with Crippen LogP contribution in [0.4, 0.5) is 0 Å². The monoisotopic (exact) mass is 256 g/mol. The van der Waals surface area contributed by atoms with Crippen molar-refractivity contribution in [3.05, 3.63) is 12.7 Å². The van der Waals surface area contributed by atoms with Crippen molar-refractivity contribution in [2.45, 2.75) is 84.0 Å². The van der Waals surface area contributed by atoms with E-state index in [1.54, 1.807) is 0 Å². The van der Waals surface area contributed by atoms with E-state index in [-0.39, 0.29) is 0 Å². The summed E-state index contributed by atoms with van der Waals surface area (Å²) in [6.45, 7) is 17.7. The van der Waals surface area contributed by atoms with Gasteiger partial charge in [-0.15, -0.1) is 6.58 Å². The van der Waals surface area contributed by atoms with E-state index in [0.29, 0.717) is 11.1 Å². The summed E-state index contributed by atoms with van der Waals surface area (Å²) in [6, 6.07) is 0. The summed E-state index contributed by atoms with van der Waals surface area (Å²) in [4.78, 5) is 0. The van der Waals surface area contributed by atoms with Crippen LogP contribution in [0, 0.1) is 0 Å². The van der Waals surface area contributed by atoms with E-state index in [2.05, 4.69) is 47.4 Å². The maximum Gasteiger partial charge on any atom is 0.192 e. The van der Waals surface area contributed by atoms with Crippen molar-refractivity contribution >= 4 is 8.32 Å². The molecule has 102 valence electrons. The zero-order chi connectivity index (χ0) is 13.5. The molecule has 0 aromatic heterocycles. The Labute approximate surface area is 110 Å². The van der Waals surface area contributed by atoms with Crippen LogP contribution in [0.25, 0.3) is 0 Å². The third-order valence-electron chi connectivity index (χ3n) is 3.83. The molecule has 0 unspecified atom stereocenters. The van der Waals surface area contributed by atoms with Gasteiger partial charge in [-0.3, -0.25) is 0 Å². The minimum atomic E-state index is -1.61. The molecule has 17 heavy (non-hydrogen) atoms. The van der Waals surface area contributed by atoms with Gasteiger partial charge in [0.25, 0.3) is 0 Å². The Kier molecular flexibility index (Phi) is 7.34. The number of unbranched alkanes of at least 4 members (excludes halogenated alkanes) is 2. The molecule has 1 nitrogen and oxygen atoms in total. The van der Waals surface area contributed by atoms with Gasteiger partial charge < -0.3 is 4.43 Å². The molecule has 2 heteroatoms. The predicted octanol–water partition coefficient (Wildman–Crippen LogP) is 5.53. The molecule has 0 aliphatic carbocycles. The van der Waals surface area contributed by atoms with E-state index in [1.807, 2.05) is 6.08 Å². The summed E-state index contributed by atoms with van der Waals surface area (Å²) >= 11 is 0. The third-order valence-corrected chi connectivity index (χ3v) is 8.36. The van der Waals surface area contributed by atoms with Crippen LogP contribution in [0.15, 0.2) is 12.7 Å². The van der Waals surface area contributed by atoms with Gasteiger partial charge in [0.05, 0.1) is 0 Å². The number of hydrogen-bond donors (Lipinski definition) is 0. The van der Waals surface area contributed by atoms with Crippen LogP contribution < -0.4 is 0 Å². The molecule has 1 atom stereocenters. The lowest BCUT2D eigenvalue weighted by Crippen LogP contribution is -2.43. The summed E-state index contributed by atoms with van der Waals surface area (Å²) in [5.41, 5.74) is 0. The molecule has 0 heterocycles. The maximum atomic E-state index is 6.46. The van der Waals surface area contributed by atoms with E-state index in [0.717, 1.165) is 6.42 Å². The summed E-state index contributed by atoms with van der Waals surface area (Å²) in [5.74, 6) is 0. The fourth-order valence-corrected chi connectivity index (χ4v) is 3.03. The Hall–Kier alpha value is -0.0831. The molecule has 0 aromatic rings. The first-order valence-electron chi connectivity index (χ1n) is 7.03. The largest absolute Gasteiger partial charge is 0.414 e. The topological polar surface area (TPSA) is 9.23 Å². The van der Waals surface area contributed by atoms with Crippen LogP contribution in [0.2, 0.25) is 18.1 Å². The Morgan fingerprint density at radius 1 is 1.24 bits per heavy atom. The van der Waals surface area contributed by atoms with Crippen molar-refractivity contribution in [2.24, 2.45) is 0 Å². The molecule has 0 rings (SSSR count). The summed E-state index contributed by atoms with van der Waals surface area (Å²) < 4.78 is 6.46. The Morgan fingerprint density at radius 2 is 1.82 bits per heavy atom. The predicted molar refractivity (Wildman–Crippen MR) is 81.0 cm³/mol. The molecule has 0 radical (unpaired) electrons. The third kappa shape index (κ3) is 6.42. The zero-order valence-corrected chi connectivity index (χ0v) is 13.8. The van der Waals surface area contributed by atoms with Crippen LogP contribution in [0.5, 0.6) is 0 Å². The lowest BCUT2D eigenvalue weighted by molar-refractivity contribution is 0.170. The molecule has 0 aliphatic rings. The molecule has 0 saturated carbocycles. The highest BCUT2D eigenvalue weighted by atomic mass is 28.4. The Bertz CT molecular complexity index is 215. The van der Waals surface area contributed by atoms with E-state index >= 15 is 0 Å². The summed E-state index contributed by atoms with van der Waals surface area (Å²) in [6.07, 6.45) is 8.45. The van der Waals surface area contributed by atoms with Crippen LogP contribution in [0.1, 0.15) is 59.8 Å². The van der Waals surface area contributed by atoms with Crippen molar-refractivity contribution in [3.63, 3.8) is 0 Å². The van der Waals surface area contributed by atoms with Gasteiger partial charge in [0.2, 0.25) is 0 Å². The molecule has 0 amide bonds. The second-order valence-electron chi connectivity index (χ2n) is 6.52. The van der Waals surface area contributed by atoms with Gasteiger partial charge >= 0.3 is 0 Å². The molecule has 0 N–H and O–H groups in total. The highest BCUT2D eigenvalue weighted by molar-refractivity contribution is 6.74. The lowest BCUT2D eigenvalue weighted by atomic mass is 10.1. The van der Waals surface area contributed by atoms with Gasteiger partial charge in [-0.2, -0.15) is 0 Å². The fourth-order valence-electron chi connectivity index (χ4n) is 1.63. The minimum absolute atomic E-state index is 0.303. The number of hydrogen-bond acceptors (Lipinski definition) is 1. The molecular formula is C15H32OSi. The maximum absolute atomic E-state index is 6.46. The van der Waals surface area contributed by atoms with Gasteiger partial charge in [0.1, 0.15) is 0 Å². The van der Waals surface area contributed by atoms with Crippen LogP contribution in [0.3, 0.4) is 0 Å². The van der Waals surface area contributed by atoms with Crippen molar-refractivity contribution in [3.8, 4) is 0 Å². The molecule has 0 fully saturated rings. The average molecular weight is 257 g/mol. The van der Waals surface area contributed by atoms with Crippen LogP contribution in [-0.4, -0.2) is 14.4 Å². The summed E-state index contributed by atoms with van der Waals surface area (Å²) in [7, 11) is -1.61. The molecular weight excluding hydrogens is 224 g/mol. The zero-order valence-electron chi connectivity index (χ0n) is 12.8. The Balaban J connectivity index is 4.37. The van der Waals surface area contributed by atoms with Crippen LogP contribution in [-0.2, 0) is 4.43 Å². The van der Waals surface area contributed by atoms with Crippen LogP contribution >= 0.6 is 0 Å². The standard InChI is InChI=1S/C15H32OSi/c1-8-10-11-13-14(12-9-2)16-17(6,7)15(3,4)5/h9,14H,2,8,10-13H2,1,3-7H3/t14-/m0/s1. The van der Waals surface area contributed by atoms with Gasteiger partial charge in [-0.25, -0.2) is 0 Å². The van der Waals surface area contributed by atoms with E-state index in [4.69, 9.17) is 4.43 Å². The van der Waals surface area contributed by atoms with E-state index in [9.17, 15) is 0 Å². The van der Waals surface area contributed by atoms with Crippen molar-refractivity contribution in [2.75, 3.05) is 0 Å². The highest BCUT2D eigenvalue weighted by Gasteiger charge is 2.38. The normalized spacial score (nSPS) is 14.7. The van der Waals surface area contributed by atoms with E-state index < -0.39 is 8.32 Å². The fraction of sp³-hybridized carbons (Fsp3) is 0.867. The van der Waals surface area contributed by atoms with Gasteiger partial charge in [-0.05, 0) is 31.0 Å². The molecule has 0 saturated heterocycles. The average Bonchev–Trinajstić information content (AvgIpc) is 2.16. The van der Waals surface area contributed by atoms with E-state index in [1.165, 1.54) is 25.7 Å². The summed E-state index contributed by atoms with van der Waals surface area (Å²) in [5, 5.41) is 0.303. The van der Waals surface area contributed by atoms with Gasteiger partial charge in [0.15, 0.2) is 8.32 Å². The lowest BCUT2D eigenvalue weighted by Gasteiger charge is -2.39. The van der Waals surface area contributed by atoms with Gasteiger partial charge in [0, 0.05) is 6.10 Å². The quantitative estimate of drug-likeness (QED) is 0.315. The van der Waals surface area contributed by atoms with Crippen molar-refractivity contribution in [1.29, 1.82) is 0 Å². The second-order valence-corrected chi connectivity index (χ2v) is 11.3. The molecule has 0 aromatic carbocycles. The minimum Gasteiger partial charge on any atom is -0.414 e. The molecule has 0 spiro atoms.